The molecule has 0 bridgehead atoms. The van der Waals surface area contributed by atoms with Crippen LogP contribution < -0.4 is 15.7 Å². The van der Waals surface area contributed by atoms with Gasteiger partial charge in [0.2, 0.25) is 11.8 Å². The number of quaternary nitrogens is 1. The Bertz CT molecular complexity index is 826. The molecule has 0 unspecified atom stereocenters. The number of aliphatic carboxylic acids is 1. The van der Waals surface area contributed by atoms with Gasteiger partial charge in [0.25, 0.3) is 0 Å². The van der Waals surface area contributed by atoms with Crippen molar-refractivity contribution < 1.29 is 52.9 Å². The van der Waals surface area contributed by atoms with Crippen LogP contribution in [0.1, 0.15) is 40.0 Å². The Morgan fingerprint density at radius 2 is 1.68 bits per heavy atom. The normalized spacial score (nSPS) is 13.2. The molecule has 13 nitrogen and oxygen atoms in total. The van der Waals surface area contributed by atoms with Crippen molar-refractivity contribution >= 4 is 46.6 Å². The Kier molecular flexibility index (Phi) is 15.0. The molecule has 0 rings (SSSR count). The van der Waals surface area contributed by atoms with Gasteiger partial charge in [0.05, 0.1) is 27.6 Å². The van der Waals surface area contributed by atoms with E-state index in [1.807, 2.05) is 0 Å². The summed E-state index contributed by atoms with van der Waals surface area (Å²) in [7, 11) is 5.37. The zero-order valence-electron chi connectivity index (χ0n) is 22.3. The number of carbonyl (C=O) groups is 6. The number of Topliss-reactive ketones (excluding diaryl/α,β-unsaturated/α-hetero) is 1. The fraction of sp³-hybridized carbons (Fsp3) is 0.739. The highest BCUT2D eigenvalue weighted by atomic mass is 32.2. The van der Waals surface area contributed by atoms with Gasteiger partial charge in [0.15, 0.2) is 11.2 Å². The maximum atomic E-state index is 12.3. The SMILES string of the molecule is CC(=O)CC(=O)SCCNC(=O)CCNC(=O)[C@H](O)C(C)(C)COC(=O)O[C@H](CC(=O)[O-])C[N+](C)(C)C. The van der Waals surface area contributed by atoms with Gasteiger partial charge >= 0.3 is 6.16 Å². The number of carboxylic acid groups (broad SMARTS) is 1. The third kappa shape index (κ3) is 17.4. The van der Waals surface area contributed by atoms with Crippen molar-refractivity contribution in [2.24, 2.45) is 5.41 Å². The molecule has 0 aliphatic heterocycles. The summed E-state index contributed by atoms with van der Waals surface area (Å²) in [5.74, 6) is -2.46. The molecule has 37 heavy (non-hydrogen) atoms. The van der Waals surface area contributed by atoms with Crippen LogP contribution in [0.15, 0.2) is 0 Å². The molecular formula is C23H39N3O10S. The number of aliphatic hydroxyl groups is 1. The summed E-state index contributed by atoms with van der Waals surface area (Å²) >= 11 is 0.945. The van der Waals surface area contributed by atoms with E-state index in [0.717, 1.165) is 11.8 Å². The summed E-state index contributed by atoms with van der Waals surface area (Å²) in [5, 5.41) is 26.0. The Morgan fingerprint density at radius 3 is 2.22 bits per heavy atom. The second-order valence-corrected chi connectivity index (χ2v) is 11.4. The van der Waals surface area contributed by atoms with E-state index in [9.17, 15) is 39.0 Å². The molecule has 212 valence electrons. The van der Waals surface area contributed by atoms with Crippen molar-refractivity contribution in [2.45, 2.75) is 52.2 Å². The average molecular weight is 550 g/mol. The lowest BCUT2D eigenvalue weighted by Crippen LogP contribution is -2.47. The van der Waals surface area contributed by atoms with Crippen LogP contribution in [0.5, 0.6) is 0 Å². The lowest BCUT2D eigenvalue weighted by atomic mass is 9.87. The number of nitrogens with one attached hydrogen (secondary N) is 2. The highest BCUT2D eigenvalue weighted by Gasteiger charge is 2.35. The summed E-state index contributed by atoms with van der Waals surface area (Å²) in [6.45, 7) is 4.22. The first kappa shape index (κ1) is 34.3. The molecule has 0 aromatic heterocycles. The van der Waals surface area contributed by atoms with Crippen molar-refractivity contribution in [3.63, 3.8) is 0 Å². The van der Waals surface area contributed by atoms with Gasteiger partial charge in [-0.1, -0.05) is 25.6 Å². The van der Waals surface area contributed by atoms with Crippen molar-refractivity contribution in [3.8, 4) is 0 Å². The van der Waals surface area contributed by atoms with E-state index in [2.05, 4.69) is 10.6 Å². The summed E-state index contributed by atoms with van der Waals surface area (Å²) in [5.41, 5.74) is -1.22. The van der Waals surface area contributed by atoms with E-state index in [4.69, 9.17) is 9.47 Å². The summed E-state index contributed by atoms with van der Waals surface area (Å²) in [6.07, 6.45) is -4.45. The Morgan fingerprint density at radius 1 is 1.05 bits per heavy atom. The number of carbonyl (C=O) groups excluding carboxylic acids is 6. The number of amides is 2. The number of aliphatic hydroxyl groups excluding tert-OH is 1. The zero-order chi connectivity index (χ0) is 28.8. The average Bonchev–Trinajstić information content (AvgIpc) is 2.72. The molecule has 0 radical (unpaired) electrons. The Labute approximate surface area is 221 Å². The first-order valence-electron chi connectivity index (χ1n) is 11.6. The molecule has 0 aromatic carbocycles. The fourth-order valence-corrected chi connectivity index (χ4v) is 3.62. The van der Waals surface area contributed by atoms with Gasteiger partial charge in [-0.25, -0.2) is 4.79 Å². The number of carboxylic acids is 1. The van der Waals surface area contributed by atoms with Crippen LogP contribution >= 0.6 is 11.8 Å². The molecule has 0 heterocycles. The number of rotatable bonds is 17. The van der Waals surface area contributed by atoms with Crippen LogP contribution in [0.4, 0.5) is 4.79 Å². The van der Waals surface area contributed by atoms with Gasteiger partial charge in [0, 0.05) is 43.1 Å². The van der Waals surface area contributed by atoms with Crippen molar-refractivity contribution in [2.75, 3.05) is 53.1 Å². The molecule has 2 atom stereocenters. The minimum absolute atomic E-state index is 0.0624. The van der Waals surface area contributed by atoms with Gasteiger partial charge in [-0.15, -0.1) is 0 Å². The van der Waals surface area contributed by atoms with E-state index in [0.29, 0.717) is 10.2 Å². The van der Waals surface area contributed by atoms with E-state index in [1.54, 1.807) is 21.1 Å². The quantitative estimate of drug-likeness (QED) is 0.0838. The van der Waals surface area contributed by atoms with Gasteiger partial charge in [-0.3, -0.25) is 19.2 Å². The summed E-state index contributed by atoms with van der Waals surface area (Å²) in [4.78, 5) is 69.4. The van der Waals surface area contributed by atoms with Crippen molar-refractivity contribution in [1.82, 2.24) is 10.6 Å². The minimum Gasteiger partial charge on any atom is -0.550 e. The molecule has 0 fully saturated rings. The van der Waals surface area contributed by atoms with Gasteiger partial charge in [-0.05, 0) is 6.92 Å². The van der Waals surface area contributed by atoms with Crippen LogP contribution in [0.25, 0.3) is 0 Å². The third-order valence-corrected chi connectivity index (χ3v) is 5.57. The number of hydrogen-bond acceptors (Lipinski definition) is 11. The van der Waals surface area contributed by atoms with Gasteiger partial charge < -0.3 is 39.6 Å². The van der Waals surface area contributed by atoms with E-state index < -0.39 is 48.7 Å². The van der Waals surface area contributed by atoms with Crippen LogP contribution in [0.3, 0.4) is 0 Å². The molecular weight excluding hydrogens is 510 g/mol. The molecule has 0 aliphatic rings. The number of ether oxygens (including phenoxy) is 2. The first-order valence-corrected chi connectivity index (χ1v) is 12.6. The van der Waals surface area contributed by atoms with Crippen molar-refractivity contribution in [3.05, 3.63) is 0 Å². The Hall–Kier alpha value is -2.71. The molecule has 2 amide bonds. The minimum atomic E-state index is -1.59. The molecule has 14 heteroatoms. The van der Waals surface area contributed by atoms with E-state index in [1.165, 1.54) is 20.8 Å². The summed E-state index contributed by atoms with van der Waals surface area (Å²) in [6, 6.07) is 0. The van der Waals surface area contributed by atoms with E-state index in [-0.39, 0.29) is 49.3 Å². The predicted molar refractivity (Wildman–Crippen MR) is 132 cm³/mol. The Balaban J connectivity index is 4.45. The molecule has 0 spiro atoms. The van der Waals surface area contributed by atoms with Crippen LogP contribution in [0, 0.1) is 5.41 Å². The van der Waals surface area contributed by atoms with Crippen molar-refractivity contribution in [1.29, 1.82) is 0 Å². The number of ketones is 1. The van der Waals surface area contributed by atoms with Crippen LogP contribution in [0.2, 0.25) is 0 Å². The smallest absolute Gasteiger partial charge is 0.508 e. The summed E-state index contributed by atoms with van der Waals surface area (Å²) < 4.78 is 10.4. The predicted octanol–water partition coefficient (Wildman–Crippen LogP) is -1.40. The first-order chi connectivity index (χ1) is 16.9. The largest absolute Gasteiger partial charge is 0.550 e. The molecule has 0 aliphatic carbocycles. The fourth-order valence-electron chi connectivity index (χ4n) is 2.88. The topological polar surface area (TPSA) is 188 Å². The highest BCUT2D eigenvalue weighted by Crippen LogP contribution is 2.22. The number of likely N-dealkylation sites (N-methyl/N-ethyl adjacent to an activating group) is 1. The molecule has 0 saturated carbocycles. The monoisotopic (exact) mass is 549 g/mol. The number of thioether (sulfide) groups is 1. The van der Waals surface area contributed by atoms with Gasteiger partial charge in [0.1, 0.15) is 25.0 Å². The molecule has 0 saturated heterocycles. The van der Waals surface area contributed by atoms with Crippen LogP contribution in [-0.2, 0) is 33.4 Å². The molecule has 0 aromatic rings. The highest BCUT2D eigenvalue weighted by molar-refractivity contribution is 8.13. The number of nitrogens with zero attached hydrogens (tertiary/aromatic N) is 1. The zero-order valence-corrected chi connectivity index (χ0v) is 23.1. The molecule has 3 N–H and O–H groups in total. The second-order valence-electron chi connectivity index (χ2n) is 10.2. The third-order valence-electron chi connectivity index (χ3n) is 4.69. The van der Waals surface area contributed by atoms with E-state index >= 15 is 0 Å². The van der Waals surface area contributed by atoms with Gasteiger partial charge in [-0.2, -0.15) is 0 Å². The second kappa shape index (κ2) is 16.2. The number of hydrogen-bond donors (Lipinski definition) is 3. The van der Waals surface area contributed by atoms with Crippen LogP contribution in [-0.4, -0.2) is 110 Å². The maximum Gasteiger partial charge on any atom is 0.508 e. The lowest BCUT2D eigenvalue weighted by molar-refractivity contribution is -0.873. The standard InChI is InChI=1S/C23H39N3O10S/c1-15(27)11-19(31)37-10-9-24-17(28)7-8-25-21(33)20(32)23(2,3)14-35-22(34)36-16(12-18(29)30)13-26(4,5)6/h16,20,32H,7-14H2,1-6H3,(H2-,24,25,28,29,30,33)/t16-,20+/m1/s1. The maximum absolute atomic E-state index is 12.3. The lowest BCUT2D eigenvalue weighted by Gasteiger charge is -2.30.